The lowest BCUT2D eigenvalue weighted by Crippen LogP contribution is -2.41. The van der Waals surface area contributed by atoms with E-state index in [1.165, 1.54) is 11.6 Å². The summed E-state index contributed by atoms with van der Waals surface area (Å²) in [7, 11) is 0. The third-order valence-electron chi connectivity index (χ3n) is 5.99. The Hall–Kier alpha value is -2.23. The van der Waals surface area contributed by atoms with Crippen LogP contribution >= 0.6 is 24.0 Å². The predicted octanol–water partition coefficient (Wildman–Crippen LogP) is 4.66. The minimum atomic E-state index is -0.473. The van der Waals surface area contributed by atoms with Crippen molar-refractivity contribution < 1.29 is 13.6 Å². The molecule has 1 unspecified atom stereocenters. The zero-order chi connectivity index (χ0) is 21.8. The molecule has 2 aromatic carbocycles. The van der Waals surface area contributed by atoms with E-state index >= 15 is 0 Å². The van der Waals surface area contributed by atoms with Gasteiger partial charge in [0.05, 0.1) is 6.54 Å². The summed E-state index contributed by atoms with van der Waals surface area (Å²) in [6, 6.07) is 11.6. The number of rotatable bonds is 6. The molecule has 32 heavy (non-hydrogen) atoms. The van der Waals surface area contributed by atoms with Gasteiger partial charge in [0.1, 0.15) is 11.6 Å². The summed E-state index contributed by atoms with van der Waals surface area (Å²) in [5, 5.41) is 3.29. The molecule has 2 heterocycles. The number of amides is 1. The largest absolute Gasteiger partial charge is 0.356 e. The van der Waals surface area contributed by atoms with Gasteiger partial charge in [-0.15, -0.1) is 24.0 Å². The molecular formula is C24H29F2IN4O. The van der Waals surface area contributed by atoms with Crippen molar-refractivity contribution in [3.05, 3.63) is 65.2 Å². The van der Waals surface area contributed by atoms with E-state index in [-0.39, 0.29) is 47.9 Å². The third-order valence-corrected chi connectivity index (χ3v) is 5.99. The minimum Gasteiger partial charge on any atom is -0.356 e. The SMILES string of the molecule is CCNC(=NCc1cc(F)ccc1F)N1CC(CCN2CCCC2=O)c2ccccc21.I. The van der Waals surface area contributed by atoms with Crippen LogP contribution in [0.25, 0.3) is 0 Å². The second-order valence-corrected chi connectivity index (χ2v) is 8.05. The van der Waals surface area contributed by atoms with Crippen LogP contribution in [0.4, 0.5) is 14.5 Å². The number of likely N-dealkylation sites (tertiary alicyclic amines) is 1. The molecule has 172 valence electrons. The van der Waals surface area contributed by atoms with E-state index in [2.05, 4.69) is 27.3 Å². The number of para-hydroxylation sites is 1. The van der Waals surface area contributed by atoms with Gasteiger partial charge in [0.25, 0.3) is 0 Å². The molecule has 8 heteroatoms. The summed E-state index contributed by atoms with van der Waals surface area (Å²) in [4.78, 5) is 20.7. The standard InChI is InChI=1S/C24H28F2N4O.HI/c1-2-27-24(28-15-18-14-19(25)9-10-21(18)26)30-16-17(20-6-3-4-7-22(20)30)11-13-29-12-5-8-23(29)31;/h3-4,6-7,9-10,14,17H,2,5,8,11-13,15-16H2,1H3,(H,27,28);1H. The normalized spacial score (nSPS) is 18.0. The number of fused-ring (bicyclic) bond motifs is 1. The van der Waals surface area contributed by atoms with Gasteiger partial charge in [-0.2, -0.15) is 0 Å². The van der Waals surface area contributed by atoms with E-state index in [4.69, 9.17) is 0 Å². The number of nitrogens with zero attached hydrogens (tertiary/aromatic N) is 3. The van der Waals surface area contributed by atoms with Crippen molar-refractivity contribution >= 4 is 41.5 Å². The average molecular weight is 554 g/mol. The minimum absolute atomic E-state index is 0. The van der Waals surface area contributed by atoms with Crippen molar-refractivity contribution in [2.75, 3.05) is 31.1 Å². The molecule has 0 bridgehead atoms. The van der Waals surface area contributed by atoms with Crippen LogP contribution < -0.4 is 10.2 Å². The molecule has 1 amide bonds. The zero-order valence-corrected chi connectivity index (χ0v) is 20.5. The highest BCUT2D eigenvalue weighted by molar-refractivity contribution is 14.0. The van der Waals surface area contributed by atoms with Crippen LogP contribution in [0.5, 0.6) is 0 Å². The van der Waals surface area contributed by atoms with Gasteiger partial charge in [-0.1, -0.05) is 18.2 Å². The van der Waals surface area contributed by atoms with E-state index in [0.717, 1.165) is 50.3 Å². The second-order valence-electron chi connectivity index (χ2n) is 8.05. The molecule has 0 aromatic heterocycles. The molecule has 0 saturated carbocycles. The molecule has 5 nitrogen and oxygen atoms in total. The number of hydrogen-bond donors (Lipinski definition) is 1. The summed E-state index contributed by atoms with van der Waals surface area (Å²) in [6.45, 7) is 5.04. The van der Waals surface area contributed by atoms with E-state index in [9.17, 15) is 13.6 Å². The third kappa shape index (κ3) is 5.39. The quantitative estimate of drug-likeness (QED) is 0.321. The Labute approximate surface area is 204 Å². The lowest BCUT2D eigenvalue weighted by Gasteiger charge is -2.23. The molecule has 1 N–H and O–H groups in total. The number of carbonyl (C=O) groups is 1. The Morgan fingerprint density at radius 3 is 2.78 bits per heavy atom. The van der Waals surface area contributed by atoms with Crippen LogP contribution in [-0.4, -0.2) is 42.9 Å². The number of benzene rings is 2. The zero-order valence-electron chi connectivity index (χ0n) is 18.2. The summed E-state index contributed by atoms with van der Waals surface area (Å²) >= 11 is 0. The highest BCUT2D eigenvalue weighted by Gasteiger charge is 2.32. The van der Waals surface area contributed by atoms with Crippen molar-refractivity contribution in [2.24, 2.45) is 4.99 Å². The number of hydrogen-bond acceptors (Lipinski definition) is 2. The van der Waals surface area contributed by atoms with E-state index in [1.54, 1.807) is 0 Å². The maximum atomic E-state index is 14.1. The number of aliphatic imine (C=N–C) groups is 1. The van der Waals surface area contributed by atoms with Gasteiger partial charge in [0, 0.05) is 49.8 Å². The molecule has 1 saturated heterocycles. The topological polar surface area (TPSA) is 47.9 Å². The highest BCUT2D eigenvalue weighted by Crippen LogP contribution is 2.38. The monoisotopic (exact) mass is 554 g/mol. The molecule has 1 fully saturated rings. The van der Waals surface area contributed by atoms with Crippen molar-refractivity contribution in [3.8, 4) is 0 Å². The fourth-order valence-corrected chi connectivity index (χ4v) is 4.41. The van der Waals surface area contributed by atoms with Gasteiger partial charge in [-0.3, -0.25) is 4.79 Å². The van der Waals surface area contributed by atoms with E-state index in [1.807, 2.05) is 24.0 Å². The van der Waals surface area contributed by atoms with Crippen molar-refractivity contribution in [3.63, 3.8) is 0 Å². The molecule has 2 aliphatic heterocycles. The Morgan fingerprint density at radius 2 is 2.03 bits per heavy atom. The Morgan fingerprint density at radius 1 is 1.22 bits per heavy atom. The number of nitrogens with one attached hydrogen (secondary N) is 1. The smallest absolute Gasteiger partial charge is 0.222 e. The first kappa shape index (κ1) is 24.4. The summed E-state index contributed by atoms with van der Waals surface area (Å²) in [6.07, 6.45) is 2.48. The van der Waals surface area contributed by atoms with Crippen molar-refractivity contribution in [1.82, 2.24) is 10.2 Å². The van der Waals surface area contributed by atoms with Crippen LogP contribution in [-0.2, 0) is 11.3 Å². The Bertz CT molecular complexity index is 984. The van der Waals surface area contributed by atoms with Gasteiger partial charge in [0.2, 0.25) is 5.91 Å². The fraction of sp³-hybridized carbons (Fsp3) is 0.417. The first-order valence-electron chi connectivity index (χ1n) is 10.9. The van der Waals surface area contributed by atoms with Crippen LogP contribution in [0, 0.1) is 11.6 Å². The summed E-state index contributed by atoms with van der Waals surface area (Å²) in [5.41, 5.74) is 2.53. The fourth-order valence-electron chi connectivity index (χ4n) is 4.41. The van der Waals surface area contributed by atoms with Crippen LogP contribution in [0.3, 0.4) is 0 Å². The number of carbonyl (C=O) groups excluding carboxylic acids is 1. The molecule has 0 aliphatic carbocycles. The van der Waals surface area contributed by atoms with Gasteiger partial charge >= 0.3 is 0 Å². The molecule has 2 aliphatic rings. The van der Waals surface area contributed by atoms with Gasteiger partial charge in [0.15, 0.2) is 5.96 Å². The highest BCUT2D eigenvalue weighted by atomic mass is 127. The van der Waals surface area contributed by atoms with Gasteiger partial charge in [-0.25, -0.2) is 13.8 Å². The van der Waals surface area contributed by atoms with Gasteiger partial charge in [-0.05, 0) is 49.6 Å². The average Bonchev–Trinajstić information content (AvgIpc) is 3.35. The molecular weight excluding hydrogens is 525 g/mol. The number of halogens is 3. The van der Waals surface area contributed by atoms with E-state index in [0.29, 0.717) is 18.9 Å². The van der Waals surface area contributed by atoms with Crippen molar-refractivity contribution in [1.29, 1.82) is 0 Å². The predicted molar refractivity (Wildman–Crippen MR) is 134 cm³/mol. The first-order valence-corrected chi connectivity index (χ1v) is 10.9. The molecule has 0 radical (unpaired) electrons. The van der Waals surface area contributed by atoms with Crippen LogP contribution in [0.2, 0.25) is 0 Å². The molecule has 0 spiro atoms. The maximum Gasteiger partial charge on any atom is 0.222 e. The maximum absolute atomic E-state index is 14.1. The molecule has 4 rings (SSSR count). The lowest BCUT2D eigenvalue weighted by molar-refractivity contribution is -0.127. The number of anilines is 1. The Balaban J connectivity index is 0.00000289. The first-order chi connectivity index (χ1) is 15.1. The Kier molecular flexibility index (Phi) is 8.44. The molecule has 1 atom stereocenters. The second kappa shape index (κ2) is 11.1. The number of guanidine groups is 1. The van der Waals surface area contributed by atoms with Gasteiger partial charge < -0.3 is 15.1 Å². The lowest BCUT2D eigenvalue weighted by atomic mass is 9.98. The van der Waals surface area contributed by atoms with Crippen molar-refractivity contribution in [2.45, 2.75) is 38.6 Å². The van der Waals surface area contributed by atoms with Crippen LogP contribution in [0.1, 0.15) is 43.2 Å². The van der Waals surface area contributed by atoms with E-state index < -0.39 is 11.6 Å². The summed E-state index contributed by atoms with van der Waals surface area (Å²) in [5.74, 6) is 0.239. The molecule has 2 aromatic rings. The summed E-state index contributed by atoms with van der Waals surface area (Å²) < 4.78 is 27.6. The van der Waals surface area contributed by atoms with Crippen LogP contribution in [0.15, 0.2) is 47.5 Å².